The van der Waals surface area contributed by atoms with E-state index in [4.69, 9.17) is 4.74 Å². The highest BCUT2D eigenvalue weighted by Gasteiger charge is 2.35. The Morgan fingerprint density at radius 1 is 1.45 bits per heavy atom. The Labute approximate surface area is 124 Å². The minimum atomic E-state index is -0.564. The maximum absolute atomic E-state index is 12.1. The van der Waals surface area contributed by atoms with Crippen LogP contribution in [0.25, 0.3) is 0 Å². The van der Waals surface area contributed by atoms with E-state index in [-0.39, 0.29) is 5.97 Å². The lowest BCUT2D eigenvalue weighted by molar-refractivity contribution is -0.148. The number of ether oxygens (including phenoxy) is 1. The van der Waals surface area contributed by atoms with Crippen LogP contribution >= 0.6 is 0 Å². The highest BCUT2D eigenvalue weighted by Crippen LogP contribution is 2.24. The number of carbonyl (C=O) groups excluding carboxylic acids is 1. The van der Waals surface area contributed by atoms with Crippen LogP contribution in [-0.2, 0) is 9.53 Å². The molecule has 118 valence electrons. The van der Waals surface area contributed by atoms with Gasteiger partial charge in [0.1, 0.15) is 5.54 Å². The van der Waals surface area contributed by atoms with E-state index >= 15 is 0 Å². The molecule has 4 nitrogen and oxygen atoms in total. The van der Waals surface area contributed by atoms with Gasteiger partial charge in [0.05, 0.1) is 7.11 Å². The molecule has 20 heavy (non-hydrogen) atoms. The molecular weight excluding hydrogens is 252 g/mol. The second kappa shape index (κ2) is 7.99. The van der Waals surface area contributed by atoms with Crippen LogP contribution in [0.4, 0.5) is 0 Å². The quantitative estimate of drug-likeness (QED) is 0.729. The average Bonchev–Trinajstić information content (AvgIpc) is 2.45. The summed E-state index contributed by atoms with van der Waals surface area (Å²) in [6.45, 7) is 11.7. The largest absolute Gasteiger partial charge is 0.468 e. The minimum absolute atomic E-state index is 0.149. The van der Waals surface area contributed by atoms with E-state index in [2.05, 4.69) is 31.0 Å². The highest BCUT2D eigenvalue weighted by molar-refractivity contribution is 5.80. The highest BCUT2D eigenvalue weighted by atomic mass is 16.5. The number of hydrogen-bond donors (Lipinski definition) is 1. The first-order valence-corrected chi connectivity index (χ1v) is 8.02. The zero-order chi connectivity index (χ0) is 15.2. The molecule has 1 aliphatic heterocycles. The van der Waals surface area contributed by atoms with Gasteiger partial charge in [-0.25, -0.2) is 0 Å². The van der Waals surface area contributed by atoms with Gasteiger partial charge in [-0.05, 0) is 58.5 Å². The SMILES string of the molecule is CCCNC(C)(CCN1CCCC(C)C1C)C(=O)OC. The van der Waals surface area contributed by atoms with Gasteiger partial charge in [-0.1, -0.05) is 13.8 Å². The summed E-state index contributed by atoms with van der Waals surface area (Å²) in [7, 11) is 1.47. The van der Waals surface area contributed by atoms with Crippen LogP contribution < -0.4 is 5.32 Å². The van der Waals surface area contributed by atoms with Gasteiger partial charge in [0.25, 0.3) is 0 Å². The Hall–Kier alpha value is -0.610. The first-order valence-electron chi connectivity index (χ1n) is 8.02. The van der Waals surface area contributed by atoms with E-state index in [1.165, 1.54) is 20.0 Å². The summed E-state index contributed by atoms with van der Waals surface area (Å²) < 4.78 is 4.98. The monoisotopic (exact) mass is 284 g/mol. The van der Waals surface area contributed by atoms with Crippen molar-refractivity contribution in [2.45, 2.75) is 65.0 Å². The van der Waals surface area contributed by atoms with Gasteiger partial charge >= 0.3 is 5.97 Å². The number of nitrogens with one attached hydrogen (secondary N) is 1. The molecule has 1 saturated heterocycles. The number of esters is 1. The molecule has 0 radical (unpaired) electrons. The van der Waals surface area contributed by atoms with Crippen LogP contribution in [0.1, 0.15) is 53.4 Å². The second-order valence-corrected chi connectivity index (χ2v) is 6.40. The van der Waals surface area contributed by atoms with Crippen LogP contribution in [0, 0.1) is 5.92 Å². The fourth-order valence-electron chi connectivity index (χ4n) is 2.99. The van der Waals surface area contributed by atoms with Crippen LogP contribution in [0.3, 0.4) is 0 Å². The predicted octanol–water partition coefficient (Wildman–Crippen LogP) is 2.43. The first-order chi connectivity index (χ1) is 9.44. The minimum Gasteiger partial charge on any atom is -0.468 e. The van der Waals surface area contributed by atoms with Crippen LogP contribution in [0.5, 0.6) is 0 Å². The van der Waals surface area contributed by atoms with Gasteiger partial charge in [0, 0.05) is 12.6 Å². The lowest BCUT2D eigenvalue weighted by Gasteiger charge is -2.39. The number of likely N-dealkylation sites (tertiary alicyclic amines) is 1. The molecule has 0 aromatic carbocycles. The van der Waals surface area contributed by atoms with E-state index in [0.29, 0.717) is 6.04 Å². The summed E-state index contributed by atoms with van der Waals surface area (Å²) in [6.07, 6.45) is 4.41. The first kappa shape index (κ1) is 17.4. The molecule has 1 rings (SSSR count). The zero-order valence-corrected chi connectivity index (χ0v) is 13.9. The molecule has 3 unspecified atom stereocenters. The van der Waals surface area contributed by atoms with Crippen molar-refractivity contribution in [3.05, 3.63) is 0 Å². The number of rotatable bonds is 7. The maximum atomic E-state index is 12.1. The summed E-state index contributed by atoms with van der Waals surface area (Å²) in [5, 5.41) is 3.36. The summed E-state index contributed by atoms with van der Waals surface area (Å²) in [4.78, 5) is 14.6. The summed E-state index contributed by atoms with van der Waals surface area (Å²) in [6, 6.07) is 0.608. The molecular formula is C16H32N2O2. The van der Waals surface area contributed by atoms with Crippen molar-refractivity contribution in [3.8, 4) is 0 Å². The number of nitrogens with zero attached hydrogens (tertiary/aromatic N) is 1. The van der Waals surface area contributed by atoms with Gasteiger partial charge in [0.15, 0.2) is 0 Å². The summed E-state index contributed by atoms with van der Waals surface area (Å²) >= 11 is 0. The van der Waals surface area contributed by atoms with Crippen molar-refractivity contribution in [3.63, 3.8) is 0 Å². The molecule has 0 amide bonds. The molecule has 0 aromatic heterocycles. The molecule has 1 N–H and O–H groups in total. The van der Waals surface area contributed by atoms with Gasteiger partial charge in [-0.2, -0.15) is 0 Å². The topological polar surface area (TPSA) is 41.6 Å². The van der Waals surface area contributed by atoms with Crippen molar-refractivity contribution >= 4 is 5.97 Å². The third-order valence-electron chi connectivity index (χ3n) is 4.80. The van der Waals surface area contributed by atoms with Gasteiger partial charge < -0.3 is 15.0 Å². The second-order valence-electron chi connectivity index (χ2n) is 6.40. The normalized spacial score (nSPS) is 27.1. The molecule has 3 atom stereocenters. The Bertz CT molecular complexity index is 309. The van der Waals surface area contributed by atoms with Crippen molar-refractivity contribution in [2.75, 3.05) is 26.7 Å². The van der Waals surface area contributed by atoms with E-state index in [9.17, 15) is 4.79 Å². The predicted molar refractivity (Wildman–Crippen MR) is 82.8 cm³/mol. The van der Waals surface area contributed by atoms with Gasteiger partial charge in [0.2, 0.25) is 0 Å². The Morgan fingerprint density at radius 3 is 2.75 bits per heavy atom. The molecule has 1 fully saturated rings. The molecule has 0 saturated carbocycles. The van der Waals surface area contributed by atoms with Gasteiger partial charge in [-0.3, -0.25) is 4.79 Å². The molecule has 0 spiro atoms. The lowest BCUT2D eigenvalue weighted by atomic mass is 9.90. The number of methoxy groups -OCH3 is 1. The average molecular weight is 284 g/mol. The van der Waals surface area contributed by atoms with Crippen molar-refractivity contribution < 1.29 is 9.53 Å². The van der Waals surface area contributed by atoms with Crippen LogP contribution in [0.2, 0.25) is 0 Å². The maximum Gasteiger partial charge on any atom is 0.325 e. The van der Waals surface area contributed by atoms with E-state index in [0.717, 1.165) is 38.4 Å². The third-order valence-corrected chi connectivity index (χ3v) is 4.80. The summed E-state index contributed by atoms with van der Waals surface area (Å²) in [5.74, 6) is 0.598. The van der Waals surface area contributed by atoms with Crippen molar-refractivity contribution in [2.24, 2.45) is 5.92 Å². The van der Waals surface area contributed by atoms with E-state index in [1.807, 2.05) is 6.92 Å². The summed E-state index contributed by atoms with van der Waals surface area (Å²) in [5.41, 5.74) is -0.564. The zero-order valence-electron chi connectivity index (χ0n) is 13.9. The molecule has 1 heterocycles. The van der Waals surface area contributed by atoms with E-state index < -0.39 is 5.54 Å². The smallest absolute Gasteiger partial charge is 0.325 e. The molecule has 0 bridgehead atoms. The van der Waals surface area contributed by atoms with Crippen LogP contribution in [-0.4, -0.2) is 49.2 Å². The molecule has 0 aromatic rings. The number of hydrogen-bond acceptors (Lipinski definition) is 4. The Balaban J connectivity index is 2.59. The molecule has 0 aliphatic carbocycles. The van der Waals surface area contributed by atoms with Crippen molar-refractivity contribution in [1.29, 1.82) is 0 Å². The third kappa shape index (κ3) is 4.45. The van der Waals surface area contributed by atoms with Crippen LogP contribution in [0.15, 0.2) is 0 Å². The molecule has 1 aliphatic rings. The van der Waals surface area contributed by atoms with Crippen molar-refractivity contribution in [1.82, 2.24) is 10.2 Å². The fraction of sp³-hybridized carbons (Fsp3) is 0.938. The number of carbonyl (C=O) groups is 1. The standard InChI is InChI=1S/C16H32N2O2/c1-6-10-17-16(4,15(19)20-5)9-12-18-11-7-8-13(2)14(18)3/h13-14,17H,6-12H2,1-5H3. The number of piperidine rings is 1. The fourth-order valence-corrected chi connectivity index (χ4v) is 2.99. The lowest BCUT2D eigenvalue weighted by Crippen LogP contribution is -2.53. The Morgan fingerprint density at radius 2 is 2.15 bits per heavy atom. The Kier molecular flexibility index (Phi) is 6.96. The van der Waals surface area contributed by atoms with E-state index in [1.54, 1.807) is 0 Å². The molecule has 4 heteroatoms. The van der Waals surface area contributed by atoms with Gasteiger partial charge in [-0.15, -0.1) is 0 Å².